The zero-order chi connectivity index (χ0) is 15.7. The number of carbonyl (C=O) groups is 1. The maximum Gasteiger partial charge on any atom is 0.359 e. The molecule has 0 unspecified atom stereocenters. The molecule has 112 valence electrons. The van der Waals surface area contributed by atoms with Gasteiger partial charge in [-0.3, -0.25) is 0 Å². The van der Waals surface area contributed by atoms with Gasteiger partial charge in [0.05, 0.1) is 23.0 Å². The molecule has 2 rings (SSSR count). The van der Waals surface area contributed by atoms with Crippen LogP contribution in [0.1, 0.15) is 41.5 Å². The zero-order valence-corrected chi connectivity index (χ0v) is 14.6. The van der Waals surface area contributed by atoms with E-state index in [-0.39, 0.29) is 11.6 Å². The molecule has 0 radical (unpaired) electrons. The minimum atomic E-state index is -0.472. The standard InChI is InChI=1S/C15H16BrClN2O2/c1-8(2)14-12(16)13(15(20)21-4)18-19(14)10-6-5-9(3)11(17)7-10/h5-8H,1-4H3. The summed E-state index contributed by atoms with van der Waals surface area (Å²) in [6.45, 7) is 6.01. The van der Waals surface area contributed by atoms with E-state index in [0.29, 0.717) is 9.50 Å². The monoisotopic (exact) mass is 370 g/mol. The number of carbonyl (C=O) groups excluding carboxylic acids is 1. The molecule has 21 heavy (non-hydrogen) atoms. The molecule has 1 aromatic carbocycles. The molecule has 0 bridgehead atoms. The SMILES string of the molecule is COC(=O)c1nn(-c2ccc(C)c(Cl)c2)c(C(C)C)c1Br. The van der Waals surface area contributed by atoms with Crippen LogP contribution >= 0.6 is 27.5 Å². The molecule has 0 amide bonds. The van der Waals surface area contributed by atoms with E-state index >= 15 is 0 Å². The van der Waals surface area contributed by atoms with Crippen molar-refractivity contribution in [2.45, 2.75) is 26.7 Å². The van der Waals surface area contributed by atoms with E-state index in [9.17, 15) is 4.79 Å². The number of halogens is 2. The van der Waals surface area contributed by atoms with Crippen LogP contribution in [-0.4, -0.2) is 22.9 Å². The summed E-state index contributed by atoms with van der Waals surface area (Å²) >= 11 is 9.64. The highest BCUT2D eigenvalue weighted by Crippen LogP contribution is 2.31. The molecule has 1 aromatic heterocycles. The predicted octanol–water partition coefficient (Wildman–Crippen LogP) is 4.51. The number of aryl methyl sites for hydroxylation is 1. The smallest absolute Gasteiger partial charge is 0.359 e. The molecule has 0 aliphatic carbocycles. The van der Waals surface area contributed by atoms with E-state index in [1.54, 1.807) is 4.68 Å². The summed E-state index contributed by atoms with van der Waals surface area (Å²) < 4.78 is 7.16. The maximum absolute atomic E-state index is 11.8. The first-order valence-electron chi connectivity index (χ1n) is 6.50. The van der Waals surface area contributed by atoms with E-state index in [1.165, 1.54) is 7.11 Å². The van der Waals surface area contributed by atoms with Gasteiger partial charge in [0.25, 0.3) is 0 Å². The Hall–Kier alpha value is -1.33. The number of esters is 1. The zero-order valence-electron chi connectivity index (χ0n) is 12.3. The van der Waals surface area contributed by atoms with Crippen molar-refractivity contribution in [2.75, 3.05) is 7.11 Å². The lowest BCUT2D eigenvalue weighted by molar-refractivity contribution is 0.0592. The number of rotatable bonds is 3. The molecule has 0 fully saturated rings. The van der Waals surface area contributed by atoms with Crippen molar-refractivity contribution < 1.29 is 9.53 Å². The van der Waals surface area contributed by atoms with Crippen molar-refractivity contribution in [3.05, 3.63) is 44.6 Å². The van der Waals surface area contributed by atoms with Crippen LogP contribution in [0.15, 0.2) is 22.7 Å². The molecule has 0 saturated heterocycles. The van der Waals surface area contributed by atoms with Crippen LogP contribution in [0, 0.1) is 6.92 Å². The number of nitrogens with zero attached hydrogens (tertiary/aromatic N) is 2. The van der Waals surface area contributed by atoms with Crippen LogP contribution in [0.2, 0.25) is 5.02 Å². The average Bonchev–Trinajstić information content (AvgIpc) is 2.78. The van der Waals surface area contributed by atoms with Crippen molar-refractivity contribution in [3.63, 3.8) is 0 Å². The second-order valence-electron chi connectivity index (χ2n) is 5.04. The fourth-order valence-electron chi connectivity index (χ4n) is 2.05. The van der Waals surface area contributed by atoms with E-state index in [4.69, 9.17) is 16.3 Å². The second kappa shape index (κ2) is 6.20. The molecule has 6 heteroatoms. The molecule has 0 saturated carbocycles. The van der Waals surface area contributed by atoms with Gasteiger partial charge in [0.1, 0.15) is 0 Å². The van der Waals surface area contributed by atoms with Gasteiger partial charge in [0, 0.05) is 5.02 Å². The number of ether oxygens (including phenoxy) is 1. The van der Waals surface area contributed by atoms with Crippen LogP contribution < -0.4 is 0 Å². The van der Waals surface area contributed by atoms with Crippen molar-refractivity contribution in [3.8, 4) is 5.69 Å². The number of aromatic nitrogens is 2. The highest BCUT2D eigenvalue weighted by Gasteiger charge is 2.24. The van der Waals surface area contributed by atoms with Gasteiger partial charge >= 0.3 is 5.97 Å². The van der Waals surface area contributed by atoms with Crippen molar-refractivity contribution >= 4 is 33.5 Å². The van der Waals surface area contributed by atoms with E-state index < -0.39 is 5.97 Å². The molecular weight excluding hydrogens is 356 g/mol. The van der Waals surface area contributed by atoms with Gasteiger partial charge < -0.3 is 4.74 Å². The van der Waals surface area contributed by atoms with Gasteiger partial charge in [0.15, 0.2) is 5.69 Å². The van der Waals surface area contributed by atoms with E-state index in [2.05, 4.69) is 21.0 Å². The van der Waals surface area contributed by atoms with Crippen LogP contribution in [0.4, 0.5) is 0 Å². The van der Waals surface area contributed by atoms with E-state index in [1.807, 2.05) is 39.0 Å². The number of benzene rings is 1. The molecule has 2 aromatic rings. The maximum atomic E-state index is 11.8. The van der Waals surface area contributed by atoms with Crippen LogP contribution in [0.5, 0.6) is 0 Å². The number of methoxy groups -OCH3 is 1. The Morgan fingerprint density at radius 3 is 2.62 bits per heavy atom. The summed E-state index contributed by atoms with van der Waals surface area (Å²) in [5.41, 5.74) is 2.96. The van der Waals surface area contributed by atoms with Crippen LogP contribution in [0.3, 0.4) is 0 Å². The minimum absolute atomic E-state index is 0.172. The van der Waals surface area contributed by atoms with Crippen molar-refractivity contribution in [2.24, 2.45) is 0 Å². The third-order valence-corrected chi connectivity index (χ3v) is 4.38. The van der Waals surface area contributed by atoms with Gasteiger partial charge in [0.2, 0.25) is 0 Å². The lowest BCUT2D eigenvalue weighted by Crippen LogP contribution is -2.06. The Morgan fingerprint density at radius 1 is 1.43 bits per heavy atom. The van der Waals surface area contributed by atoms with Gasteiger partial charge in [-0.05, 0) is 46.5 Å². The van der Waals surface area contributed by atoms with Crippen LogP contribution in [0.25, 0.3) is 5.69 Å². The molecule has 4 nitrogen and oxygen atoms in total. The molecule has 0 N–H and O–H groups in total. The largest absolute Gasteiger partial charge is 0.464 e. The summed E-state index contributed by atoms with van der Waals surface area (Å²) in [5, 5.41) is 5.04. The van der Waals surface area contributed by atoms with E-state index in [0.717, 1.165) is 16.9 Å². The Kier molecular flexibility index (Phi) is 4.74. The summed E-state index contributed by atoms with van der Waals surface area (Å²) in [6.07, 6.45) is 0. The number of hydrogen-bond acceptors (Lipinski definition) is 3. The third-order valence-electron chi connectivity index (χ3n) is 3.19. The predicted molar refractivity (Wildman–Crippen MR) is 86.4 cm³/mol. The Morgan fingerprint density at radius 2 is 2.10 bits per heavy atom. The fraction of sp³-hybridized carbons (Fsp3) is 0.333. The van der Waals surface area contributed by atoms with Gasteiger partial charge in [-0.15, -0.1) is 0 Å². The quantitative estimate of drug-likeness (QED) is 0.746. The normalized spacial score (nSPS) is 11.0. The fourth-order valence-corrected chi connectivity index (χ4v) is 3.09. The minimum Gasteiger partial charge on any atom is -0.464 e. The lowest BCUT2D eigenvalue weighted by atomic mass is 10.1. The molecule has 0 spiro atoms. The van der Waals surface area contributed by atoms with Gasteiger partial charge in [-0.25, -0.2) is 9.48 Å². The Labute approximate surface area is 137 Å². The number of hydrogen-bond donors (Lipinski definition) is 0. The van der Waals surface area contributed by atoms with Gasteiger partial charge in [-0.1, -0.05) is 31.5 Å². The first-order chi connectivity index (χ1) is 9.86. The molecule has 1 heterocycles. The Bertz CT molecular complexity index is 695. The third kappa shape index (κ3) is 2.99. The molecule has 0 aliphatic heterocycles. The van der Waals surface area contributed by atoms with Crippen LogP contribution in [-0.2, 0) is 4.74 Å². The van der Waals surface area contributed by atoms with Crippen molar-refractivity contribution in [1.29, 1.82) is 0 Å². The molecule has 0 atom stereocenters. The summed E-state index contributed by atoms with van der Waals surface area (Å²) in [4.78, 5) is 11.8. The average molecular weight is 372 g/mol. The first-order valence-corrected chi connectivity index (χ1v) is 7.67. The summed E-state index contributed by atoms with van der Waals surface area (Å²) in [7, 11) is 1.34. The van der Waals surface area contributed by atoms with Crippen molar-refractivity contribution in [1.82, 2.24) is 9.78 Å². The summed E-state index contributed by atoms with van der Waals surface area (Å²) in [5.74, 6) is -0.300. The topological polar surface area (TPSA) is 44.1 Å². The Balaban J connectivity index is 2.67. The highest BCUT2D eigenvalue weighted by atomic mass is 79.9. The highest BCUT2D eigenvalue weighted by molar-refractivity contribution is 9.10. The molecular formula is C15H16BrClN2O2. The first kappa shape index (κ1) is 16.0. The summed E-state index contributed by atoms with van der Waals surface area (Å²) in [6, 6.07) is 5.69. The molecule has 0 aliphatic rings. The van der Waals surface area contributed by atoms with Gasteiger partial charge in [-0.2, -0.15) is 5.10 Å². The second-order valence-corrected chi connectivity index (χ2v) is 6.24. The lowest BCUT2D eigenvalue weighted by Gasteiger charge is -2.11.